The first-order chi connectivity index (χ1) is 10.7. The predicted octanol–water partition coefficient (Wildman–Crippen LogP) is 4.26. The molecule has 1 aliphatic rings. The smallest absolute Gasteiger partial charge is 0.124 e. The number of nitrogens with zero attached hydrogens (tertiary/aromatic N) is 1. The molecule has 112 valence electrons. The van der Waals surface area contributed by atoms with Crippen LogP contribution < -0.4 is 0 Å². The van der Waals surface area contributed by atoms with Crippen LogP contribution in [-0.2, 0) is 0 Å². The second-order valence-corrected chi connectivity index (χ2v) is 5.87. The van der Waals surface area contributed by atoms with Crippen molar-refractivity contribution in [1.82, 2.24) is 4.90 Å². The van der Waals surface area contributed by atoms with Crippen molar-refractivity contribution < 1.29 is 5.11 Å². The number of aromatic hydroxyl groups is 1. The van der Waals surface area contributed by atoms with Crippen LogP contribution in [0.3, 0.4) is 0 Å². The van der Waals surface area contributed by atoms with Crippen LogP contribution in [-0.4, -0.2) is 30.6 Å². The summed E-state index contributed by atoms with van der Waals surface area (Å²) < 4.78 is 0. The van der Waals surface area contributed by atoms with E-state index in [4.69, 9.17) is 0 Å². The average Bonchev–Trinajstić information content (AvgIpc) is 2.66. The van der Waals surface area contributed by atoms with E-state index in [9.17, 15) is 5.11 Å². The lowest BCUT2D eigenvalue weighted by Gasteiger charge is -2.14. The van der Waals surface area contributed by atoms with E-state index in [1.54, 1.807) is 6.07 Å². The average molecular weight is 291 g/mol. The van der Waals surface area contributed by atoms with Gasteiger partial charge in [0.15, 0.2) is 0 Å². The Labute approximate surface area is 132 Å². The van der Waals surface area contributed by atoms with Gasteiger partial charge >= 0.3 is 0 Å². The minimum absolute atomic E-state index is 0.343. The second kappa shape index (κ2) is 6.20. The van der Waals surface area contributed by atoms with Crippen molar-refractivity contribution in [3.8, 4) is 5.75 Å². The molecule has 2 nitrogen and oxygen atoms in total. The van der Waals surface area contributed by atoms with E-state index in [0.717, 1.165) is 29.7 Å². The number of rotatable bonds is 3. The van der Waals surface area contributed by atoms with Crippen LogP contribution in [0.4, 0.5) is 0 Å². The van der Waals surface area contributed by atoms with Gasteiger partial charge in [-0.2, -0.15) is 0 Å². The second-order valence-electron chi connectivity index (χ2n) is 5.87. The Bertz CT molecular complexity index is 741. The third-order valence-electron chi connectivity index (χ3n) is 3.96. The van der Waals surface area contributed by atoms with Gasteiger partial charge in [0.25, 0.3) is 0 Å². The number of phenols is 1. The Morgan fingerprint density at radius 3 is 2.50 bits per heavy atom. The number of hydrogen-bond donors (Lipinski definition) is 1. The van der Waals surface area contributed by atoms with Crippen LogP contribution in [0.15, 0.2) is 48.5 Å². The molecule has 0 saturated carbocycles. The molecule has 2 aromatic carbocycles. The van der Waals surface area contributed by atoms with Gasteiger partial charge < -0.3 is 10.0 Å². The first kappa shape index (κ1) is 14.6. The summed E-state index contributed by atoms with van der Waals surface area (Å²) >= 11 is 0. The molecule has 0 spiro atoms. The van der Waals surface area contributed by atoms with Crippen LogP contribution >= 0.6 is 0 Å². The SMILES string of the molecule is CN(C)CC/C=C1\c2ccccc2C=Cc2cccc(O)c21. The zero-order valence-corrected chi connectivity index (χ0v) is 13.1. The number of fused-ring (bicyclic) bond motifs is 2. The van der Waals surface area contributed by atoms with Crippen molar-refractivity contribution in [2.45, 2.75) is 6.42 Å². The zero-order chi connectivity index (χ0) is 15.5. The maximum Gasteiger partial charge on any atom is 0.124 e. The van der Waals surface area contributed by atoms with Gasteiger partial charge in [-0.05, 0) is 48.8 Å². The Morgan fingerprint density at radius 2 is 1.68 bits per heavy atom. The third kappa shape index (κ3) is 2.83. The molecule has 0 amide bonds. The molecule has 0 radical (unpaired) electrons. The van der Waals surface area contributed by atoms with Crippen LogP contribution in [0.1, 0.15) is 28.7 Å². The minimum atomic E-state index is 0.343. The maximum absolute atomic E-state index is 10.4. The van der Waals surface area contributed by atoms with Crippen LogP contribution in [0, 0.1) is 0 Å². The van der Waals surface area contributed by atoms with Gasteiger partial charge in [-0.25, -0.2) is 0 Å². The summed E-state index contributed by atoms with van der Waals surface area (Å²) in [6.07, 6.45) is 7.40. The van der Waals surface area contributed by atoms with Gasteiger partial charge in [0.1, 0.15) is 5.75 Å². The molecule has 3 rings (SSSR count). The van der Waals surface area contributed by atoms with Crippen molar-refractivity contribution >= 4 is 17.7 Å². The highest BCUT2D eigenvalue weighted by molar-refractivity contribution is 5.95. The number of phenolic OH excluding ortho intramolecular Hbond substituents is 1. The molecule has 0 saturated heterocycles. The molecule has 0 bridgehead atoms. The molecule has 1 N–H and O–H groups in total. The molecule has 0 aromatic heterocycles. The highest BCUT2D eigenvalue weighted by Gasteiger charge is 2.17. The van der Waals surface area contributed by atoms with Gasteiger partial charge in [-0.1, -0.05) is 54.6 Å². The van der Waals surface area contributed by atoms with Crippen molar-refractivity contribution in [2.24, 2.45) is 0 Å². The Kier molecular flexibility index (Phi) is 4.12. The van der Waals surface area contributed by atoms with Gasteiger partial charge in [0.05, 0.1) is 0 Å². The molecule has 0 heterocycles. The topological polar surface area (TPSA) is 23.5 Å². The monoisotopic (exact) mass is 291 g/mol. The van der Waals surface area contributed by atoms with E-state index in [-0.39, 0.29) is 0 Å². The standard InChI is InChI=1S/C20H21NO/c1-21(2)14-6-10-18-17-9-4-3-7-15(17)12-13-16-8-5-11-19(22)20(16)18/h3-5,7-13,22H,6,14H2,1-2H3/b18-10+. The van der Waals surface area contributed by atoms with E-state index in [1.807, 2.05) is 6.07 Å². The lowest BCUT2D eigenvalue weighted by atomic mass is 9.92. The summed E-state index contributed by atoms with van der Waals surface area (Å²) in [7, 11) is 4.15. The van der Waals surface area contributed by atoms with E-state index in [0.29, 0.717) is 5.75 Å². The Morgan fingerprint density at radius 1 is 0.955 bits per heavy atom. The largest absolute Gasteiger partial charge is 0.507 e. The van der Waals surface area contributed by atoms with Crippen LogP contribution in [0.5, 0.6) is 5.75 Å². The molecule has 2 aromatic rings. The quantitative estimate of drug-likeness (QED) is 0.779. The highest BCUT2D eigenvalue weighted by Crippen LogP contribution is 2.38. The van der Waals surface area contributed by atoms with Gasteiger partial charge in [0.2, 0.25) is 0 Å². The first-order valence-corrected chi connectivity index (χ1v) is 7.61. The van der Waals surface area contributed by atoms with Gasteiger partial charge in [-0.15, -0.1) is 0 Å². The zero-order valence-electron chi connectivity index (χ0n) is 13.1. The predicted molar refractivity (Wildman–Crippen MR) is 93.7 cm³/mol. The summed E-state index contributed by atoms with van der Waals surface area (Å²) in [4.78, 5) is 2.17. The lowest BCUT2D eigenvalue weighted by Crippen LogP contribution is -2.12. The minimum Gasteiger partial charge on any atom is -0.507 e. The highest BCUT2D eigenvalue weighted by atomic mass is 16.3. The normalized spacial score (nSPS) is 14.8. The summed E-state index contributed by atoms with van der Waals surface area (Å²) in [5, 5.41) is 10.4. The molecule has 0 aliphatic heterocycles. The van der Waals surface area contributed by atoms with Crippen molar-refractivity contribution in [3.63, 3.8) is 0 Å². The van der Waals surface area contributed by atoms with Gasteiger partial charge in [0, 0.05) is 12.1 Å². The molecular weight excluding hydrogens is 270 g/mol. The molecule has 2 heteroatoms. The number of benzene rings is 2. The molecular formula is C20H21NO. The van der Waals surface area contributed by atoms with E-state index >= 15 is 0 Å². The fourth-order valence-corrected chi connectivity index (χ4v) is 2.87. The van der Waals surface area contributed by atoms with Crippen molar-refractivity contribution in [1.29, 1.82) is 0 Å². The Hall–Kier alpha value is -2.32. The summed E-state index contributed by atoms with van der Waals surface area (Å²) in [6.45, 7) is 0.988. The Balaban J connectivity index is 2.16. The van der Waals surface area contributed by atoms with E-state index in [1.165, 1.54) is 11.1 Å². The van der Waals surface area contributed by atoms with Crippen molar-refractivity contribution in [2.75, 3.05) is 20.6 Å². The summed E-state index contributed by atoms with van der Waals surface area (Å²) in [5.41, 5.74) is 5.48. The maximum atomic E-state index is 10.4. The van der Waals surface area contributed by atoms with E-state index < -0.39 is 0 Å². The third-order valence-corrected chi connectivity index (χ3v) is 3.96. The lowest BCUT2D eigenvalue weighted by molar-refractivity contribution is 0.417. The first-order valence-electron chi connectivity index (χ1n) is 7.61. The number of hydrogen-bond acceptors (Lipinski definition) is 2. The van der Waals surface area contributed by atoms with Crippen LogP contribution in [0.2, 0.25) is 0 Å². The molecule has 0 unspecified atom stereocenters. The summed E-state index contributed by atoms with van der Waals surface area (Å²) in [5.74, 6) is 0.343. The fraction of sp³-hybridized carbons (Fsp3) is 0.200. The fourth-order valence-electron chi connectivity index (χ4n) is 2.87. The molecule has 1 aliphatic carbocycles. The van der Waals surface area contributed by atoms with Gasteiger partial charge in [-0.3, -0.25) is 0 Å². The van der Waals surface area contributed by atoms with Crippen LogP contribution in [0.25, 0.3) is 17.7 Å². The summed E-state index contributed by atoms with van der Waals surface area (Å²) in [6, 6.07) is 14.1. The molecule has 22 heavy (non-hydrogen) atoms. The van der Waals surface area contributed by atoms with E-state index in [2.05, 4.69) is 67.6 Å². The van der Waals surface area contributed by atoms with Crippen molar-refractivity contribution in [3.05, 3.63) is 70.8 Å². The molecule has 0 fully saturated rings. The molecule has 0 atom stereocenters.